The lowest BCUT2D eigenvalue weighted by molar-refractivity contribution is 0.0737. The first kappa shape index (κ1) is 19.3. The van der Waals surface area contributed by atoms with Crippen LogP contribution in [-0.4, -0.2) is 58.4 Å². The van der Waals surface area contributed by atoms with Crippen molar-refractivity contribution in [3.05, 3.63) is 51.9 Å². The molecule has 0 aliphatic carbocycles. The van der Waals surface area contributed by atoms with Crippen LogP contribution in [0.4, 0.5) is 0 Å². The fraction of sp³-hybridized carbons (Fsp3) is 0.476. The van der Waals surface area contributed by atoms with Crippen LogP contribution in [0.1, 0.15) is 36.2 Å². The Morgan fingerprint density at radius 1 is 1.30 bits per heavy atom. The summed E-state index contributed by atoms with van der Waals surface area (Å²) in [6.07, 6.45) is 2.50. The molecule has 2 aromatic rings. The molecule has 6 nitrogen and oxygen atoms in total. The van der Waals surface area contributed by atoms with Gasteiger partial charge in [-0.15, -0.1) is 0 Å². The number of hydrogen-bond acceptors (Lipinski definition) is 4. The number of benzene rings is 1. The molecule has 144 valence electrons. The molecule has 3 rings (SSSR count). The van der Waals surface area contributed by atoms with Crippen LogP contribution in [0.2, 0.25) is 0 Å². The van der Waals surface area contributed by atoms with E-state index in [4.69, 9.17) is 0 Å². The second-order valence-electron chi connectivity index (χ2n) is 7.23. The van der Waals surface area contributed by atoms with Crippen molar-refractivity contribution in [2.75, 3.05) is 32.7 Å². The number of hydrogen-bond donors (Lipinski definition) is 1. The van der Waals surface area contributed by atoms with Gasteiger partial charge in [-0.1, -0.05) is 36.8 Å². The second kappa shape index (κ2) is 8.48. The number of amides is 1. The average molecular weight is 368 g/mol. The van der Waals surface area contributed by atoms with E-state index in [-0.39, 0.29) is 17.0 Å². The van der Waals surface area contributed by atoms with Gasteiger partial charge in [0.25, 0.3) is 11.5 Å². The van der Waals surface area contributed by atoms with Crippen LogP contribution >= 0.6 is 0 Å². The minimum atomic E-state index is -0.384. The van der Waals surface area contributed by atoms with Gasteiger partial charge in [0.15, 0.2) is 0 Å². The Kier molecular flexibility index (Phi) is 6.06. The number of aryl methyl sites for hydroxylation is 1. The molecule has 2 heterocycles. The zero-order valence-electron chi connectivity index (χ0n) is 16.4. The molecule has 0 bridgehead atoms. The van der Waals surface area contributed by atoms with Gasteiger partial charge < -0.3 is 14.8 Å². The van der Waals surface area contributed by atoms with Gasteiger partial charge >= 0.3 is 0 Å². The third-order valence-electron chi connectivity index (χ3n) is 5.32. The Morgan fingerprint density at radius 2 is 2.04 bits per heavy atom. The second-order valence-corrected chi connectivity index (χ2v) is 7.23. The molecule has 0 spiro atoms. The SMILES string of the molecule is CCN1CCC(CN(CC)C(=O)c2cnc(-c3ccc(C)cc3)[nH]c2=O)C1. The molecule has 1 aliphatic heterocycles. The molecule has 1 aromatic heterocycles. The van der Waals surface area contributed by atoms with E-state index in [0.717, 1.165) is 37.2 Å². The van der Waals surface area contributed by atoms with Crippen LogP contribution in [0.15, 0.2) is 35.3 Å². The first-order valence-corrected chi connectivity index (χ1v) is 9.69. The van der Waals surface area contributed by atoms with E-state index in [1.165, 1.54) is 6.20 Å². The molecule has 27 heavy (non-hydrogen) atoms. The van der Waals surface area contributed by atoms with Crippen LogP contribution in [0.3, 0.4) is 0 Å². The van der Waals surface area contributed by atoms with E-state index in [2.05, 4.69) is 21.8 Å². The summed E-state index contributed by atoms with van der Waals surface area (Å²) < 4.78 is 0. The molecule has 1 atom stereocenters. The van der Waals surface area contributed by atoms with Crippen LogP contribution in [-0.2, 0) is 0 Å². The fourth-order valence-corrected chi connectivity index (χ4v) is 3.59. The Bertz CT molecular complexity index is 844. The zero-order chi connectivity index (χ0) is 19.4. The third kappa shape index (κ3) is 4.45. The number of nitrogens with zero attached hydrogens (tertiary/aromatic N) is 3. The van der Waals surface area contributed by atoms with Crippen molar-refractivity contribution in [3.63, 3.8) is 0 Å². The normalized spacial score (nSPS) is 17.2. The lowest BCUT2D eigenvalue weighted by Crippen LogP contribution is -2.38. The quantitative estimate of drug-likeness (QED) is 0.851. The molecule has 1 N–H and O–H groups in total. The monoisotopic (exact) mass is 368 g/mol. The van der Waals surface area contributed by atoms with Crippen molar-refractivity contribution in [1.82, 2.24) is 19.8 Å². The Hall–Kier alpha value is -2.47. The number of aromatic amines is 1. The summed E-state index contributed by atoms with van der Waals surface area (Å²) in [7, 11) is 0. The molecule has 1 unspecified atom stereocenters. The number of rotatable bonds is 6. The van der Waals surface area contributed by atoms with Gasteiger partial charge in [0.1, 0.15) is 11.4 Å². The van der Waals surface area contributed by atoms with E-state index in [1.807, 2.05) is 38.1 Å². The topological polar surface area (TPSA) is 69.3 Å². The van der Waals surface area contributed by atoms with Gasteiger partial charge in [0, 0.05) is 31.4 Å². The molecule has 1 aromatic carbocycles. The highest BCUT2D eigenvalue weighted by Crippen LogP contribution is 2.18. The van der Waals surface area contributed by atoms with Crippen molar-refractivity contribution in [3.8, 4) is 11.4 Å². The largest absolute Gasteiger partial charge is 0.338 e. The predicted octanol–water partition coefficient (Wildman–Crippen LogP) is 2.55. The van der Waals surface area contributed by atoms with Gasteiger partial charge in [0.2, 0.25) is 0 Å². The Morgan fingerprint density at radius 3 is 2.63 bits per heavy atom. The van der Waals surface area contributed by atoms with Crippen molar-refractivity contribution < 1.29 is 4.79 Å². The van der Waals surface area contributed by atoms with E-state index < -0.39 is 0 Å². The van der Waals surface area contributed by atoms with Crippen LogP contribution in [0.5, 0.6) is 0 Å². The minimum Gasteiger partial charge on any atom is -0.338 e. The van der Waals surface area contributed by atoms with Gasteiger partial charge in [-0.25, -0.2) is 4.98 Å². The number of H-pyrrole nitrogens is 1. The molecule has 6 heteroatoms. The third-order valence-corrected chi connectivity index (χ3v) is 5.32. The summed E-state index contributed by atoms with van der Waals surface area (Å²) in [5.41, 5.74) is 1.69. The van der Waals surface area contributed by atoms with Crippen molar-refractivity contribution >= 4 is 5.91 Å². The summed E-state index contributed by atoms with van der Waals surface area (Å²) >= 11 is 0. The van der Waals surface area contributed by atoms with Crippen molar-refractivity contribution in [2.24, 2.45) is 5.92 Å². The fourth-order valence-electron chi connectivity index (χ4n) is 3.59. The van der Waals surface area contributed by atoms with Crippen LogP contribution in [0, 0.1) is 12.8 Å². The van der Waals surface area contributed by atoms with Gasteiger partial charge in [-0.3, -0.25) is 9.59 Å². The summed E-state index contributed by atoms with van der Waals surface area (Å²) in [5.74, 6) is 0.707. The summed E-state index contributed by atoms with van der Waals surface area (Å²) in [6.45, 7) is 10.5. The zero-order valence-corrected chi connectivity index (χ0v) is 16.4. The average Bonchev–Trinajstić information content (AvgIpc) is 3.14. The number of carbonyl (C=O) groups excluding carboxylic acids is 1. The lowest BCUT2D eigenvalue weighted by Gasteiger charge is -2.24. The maximum Gasteiger partial charge on any atom is 0.264 e. The highest BCUT2D eigenvalue weighted by Gasteiger charge is 2.26. The summed E-state index contributed by atoms with van der Waals surface area (Å²) in [5, 5.41) is 0. The smallest absolute Gasteiger partial charge is 0.264 e. The Labute approximate surface area is 160 Å². The maximum atomic E-state index is 12.9. The number of likely N-dealkylation sites (tertiary alicyclic amines) is 1. The molecule has 1 fully saturated rings. The Balaban J connectivity index is 1.75. The molecule has 1 aliphatic rings. The van der Waals surface area contributed by atoms with Crippen LogP contribution < -0.4 is 5.56 Å². The number of aromatic nitrogens is 2. The standard InChI is InChI=1S/C21H28N4O2/c1-4-24-11-10-16(13-24)14-25(5-2)21(27)18-12-22-19(23-20(18)26)17-8-6-15(3)7-9-17/h6-9,12,16H,4-5,10-11,13-14H2,1-3H3,(H,22,23,26). The first-order valence-electron chi connectivity index (χ1n) is 9.69. The van der Waals surface area contributed by atoms with E-state index >= 15 is 0 Å². The van der Waals surface area contributed by atoms with Crippen LogP contribution in [0.25, 0.3) is 11.4 Å². The molecule has 0 saturated carbocycles. The highest BCUT2D eigenvalue weighted by atomic mass is 16.2. The molecular weight excluding hydrogens is 340 g/mol. The van der Waals surface area contributed by atoms with E-state index in [9.17, 15) is 9.59 Å². The molecule has 1 amide bonds. The lowest BCUT2D eigenvalue weighted by atomic mass is 10.1. The number of nitrogens with one attached hydrogen (secondary N) is 1. The minimum absolute atomic E-state index is 0.109. The van der Waals surface area contributed by atoms with Crippen molar-refractivity contribution in [2.45, 2.75) is 27.2 Å². The van der Waals surface area contributed by atoms with Gasteiger partial charge in [-0.2, -0.15) is 0 Å². The summed E-state index contributed by atoms with van der Waals surface area (Å²) in [4.78, 5) is 36.7. The first-order chi connectivity index (χ1) is 13.0. The van der Waals surface area contributed by atoms with E-state index in [1.54, 1.807) is 4.90 Å². The molecule has 1 saturated heterocycles. The van der Waals surface area contributed by atoms with E-state index in [0.29, 0.717) is 24.8 Å². The van der Waals surface area contributed by atoms with Gasteiger partial charge in [-0.05, 0) is 39.3 Å². The molecular formula is C21H28N4O2. The highest BCUT2D eigenvalue weighted by molar-refractivity contribution is 5.93. The van der Waals surface area contributed by atoms with Gasteiger partial charge in [0.05, 0.1) is 0 Å². The summed E-state index contributed by atoms with van der Waals surface area (Å²) in [6, 6.07) is 7.75. The van der Waals surface area contributed by atoms with Crippen molar-refractivity contribution in [1.29, 1.82) is 0 Å². The predicted molar refractivity (Wildman–Crippen MR) is 107 cm³/mol. The number of carbonyl (C=O) groups is 1. The molecule has 0 radical (unpaired) electrons. The maximum absolute atomic E-state index is 12.9.